The maximum absolute atomic E-state index is 4.70. The minimum atomic E-state index is 0.588. The molecular formula is C24H23N3. The van der Waals surface area contributed by atoms with Crippen LogP contribution < -0.4 is 10.2 Å². The van der Waals surface area contributed by atoms with Gasteiger partial charge in [0.25, 0.3) is 0 Å². The van der Waals surface area contributed by atoms with Crippen molar-refractivity contribution in [3.05, 3.63) is 71.5 Å². The number of anilines is 1. The summed E-state index contributed by atoms with van der Waals surface area (Å²) in [6.07, 6.45) is 5.62. The molecule has 0 aliphatic carbocycles. The Labute approximate surface area is 160 Å². The number of nitrogens with one attached hydrogen (secondary N) is 1. The summed E-state index contributed by atoms with van der Waals surface area (Å²) >= 11 is 0. The summed E-state index contributed by atoms with van der Waals surface area (Å²) in [6.45, 7) is 3.31. The molecular weight excluding hydrogens is 330 g/mol. The average molecular weight is 353 g/mol. The first kappa shape index (κ1) is 16.4. The number of piperidine rings is 1. The van der Waals surface area contributed by atoms with Gasteiger partial charge in [-0.3, -0.25) is 0 Å². The molecule has 134 valence electrons. The lowest BCUT2D eigenvalue weighted by atomic mass is 9.94. The highest BCUT2D eigenvalue weighted by Crippen LogP contribution is 2.36. The third-order valence-electron chi connectivity index (χ3n) is 5.71. The molecule has 2 aliphatic heterocycles. The highest BCUT2D eigenvalue weighted by atomic mass is 15.2. The van der Waals surface area contributed by atoms with Crippen LogP contribution in [-0.4, -0.2) is 30.7 Å². The Balaban J connectivity index is 1.59. The molecule has 1 N–H and O–H groups in total. The Kier molecular flexibility index (Phi) is 4.27. The van der Waals surface area contributed by atoms with Crippen molar-refractivity contribution in [3.63, 3.8) is 0 Å². The van der Waals surface area contributed by atoms with E-state index in [0.717, 1.165) is 37.3 Å². The van der Waals surface area contributed by atoms with E-state index < -0.39 is 0 Å². The molecule has 2 aliphatic rings. The summed E-state index contributed by atoms with van der Waals surface area (Å²) in [7, 11) is 0. The van der Waals surface area contributed by atoms with Crippen LogP contribution in [0.15, 0.2) is 54.7 Å². The Morgan fingerprint density at radius 1 is 1.04 bits per heavy atom. The molecule has 3 nitrogen and oxygen atoms in total. The van der Waals surface area contributed by atoms with Gasteiger partial charge in [-0.2, -0.15) is 0 Å². The number of benzene rings is 2. The average Bonchev–Trinajstić information content (AvgIpc) is 2.75. The fourth-order valence-electron chi connectivity index (χ4n) is 4.37. The van der Waals surface area contributed by atoms with E-state index in [1.54, 1.807) is 0 Å². The van der Waals surface area contributed by atoms with Gasteiger partial charge in [0.05, 0.1) is 0 Å². The monoisotopic (exact) mass is 353 g/mol. The molecule has 1 fully saturated rings. The standard InChI is InChI=1S/C24H23N3/c1-2-6-18(7-3-1)11-12-22-21-9-4-10-23-24(21)19(16-26-22)13-15-27(23)20-8-5-14-25-17-20/h1-4,6-7,9-10,16,20,25H,5,8,13-15,17H2. The van der Waals surface area contributed by atoms with E-state index in [1.165, 1.54) is 34.9 Å². The van der Waals surface area contributed by atoms with Crippen LogP contribution in [0, 0.1) is 11.8 Å². The van der Waals surface area contributed by atoms with Gasteiger partial charge in [0, 0.05) is 47.4 Å². The number of rotatable bonds is 1. The molecule has 0 saturated carbocycles. The number of hydrogen-bond acceptors (Lipinski definition) is 3. The van der Waals surface area contributed by atoms with E-state index in [4.69, 9.17) is 4.98 Å². The molecule has 2 aromatic carbocycles. The molecule has 0 radical (unpaired) electrons. The van der Waals surface area contributed by atoms with Crippen molar-refractivity contribution in [1.82, 2.24) is 10.3 Å². The van der Waals surface area contributed by atoms with Crippen LogP contribution in [0.3, 0.4) is 0 Å². The van der Waals surface area contributed by atoms with Gasteiger partial charge < -0.3 is 10.2 Å². The molecule has 3 heterocycles. The molecule has 5 rings (SSSR count). The van der Waals surface area contributed by atoms with E-state index in [-0.39, 0.29) is 0 Å². The Morgan fingerprint density at radius 2 is 1.96 bits per heavy atom. The zero-order valence-electron chi connectivity index (χ0n) is 15.4. The summed E-state index contributed by atoms with van der Waals surface area (Å²) < 4.78 is 0. The maximum Gasteiger partial charge on any atom is 0.121 e. The topological polar surface area (TPSA) is 28.2 Å². The van der Waals surface area contributed by atoms with E-state index >= 15 is 0 Å². The Morgan fingerprint density at radius 3 is 2.81 bits per heavy atom. The highest BCUT2D eigenvalue weighted by Gasteiger charge is 2.27. The van der Waals surface area contributed by atoms with Crippen molar-refractivity contribution in [2.75, 3.05) is 24.5 Å². The Bertz CT molecular complexity index is 1020. The highest BCUT2D eigenvalue weighted by molar-refractivity contribution is 6.00. The van der Waals surface area contributed by atoms with Crippen molar-refractivity contribution in [2.45, 2.75) is 25.3 Å². The predicted molar refractivity (Wildman–Crippen MR) is 111 cm³/mol. The molecule has 0 bridgehead atoms. The molecule has 1 unspecified atom stereocenters. The number of pyridine rings is 1. The minimum Gasteiger partial charge on any atom is -0.366 e. The van der Waals surface area contributed by atoms with Gasteiger partial charge in [-0.15, -0.1) is 0 Å². The molecule has 27 heavy (non-hydrogen) atoms. The second kappa shape index (κ2) is 7.06. The molecule has 0 amide bonds. The zero-order chi connectivity index (χ0) is 18.1. The van der Waals surface area contributed by atoms with Gasteiger partial charge in [-0.05, 0) is 55.5 Å². The lowest BCUT2D eigenvalue weighted by Crippen LogP contribution is -2.48. The summed E-state index contributed by atoms with van der Waals surface area (Å²) in [5.74, 6) is 6.58. The minimum absolute atomic E-state index is 0.588. The molecule has 1 atom stereocenters. The van der Waals surface area contributed by atoms with Crippen LogP contribution in [0.4, 0.5) is 5.69 Å². The number of nitrogens with zero attached hydrogens (tertiary/aromatic N) is 2. The van der Waals surface area contributed by atoms with Crippen LogP contribution in [0.1, 0.15) is 29.7 Å². The molecule has 0 spiro atoms. The quantitative estimate of drug-likeness (QED) is 0.676. The second-order valence-corrected chi connectivity index (χ2v) is 7.39. The van der Waals surface area contributed by atoms with Gasteiger partial charge in [-0.1, -0.05) is 36.3 Å². The van der Waals surface area contributed by atoms with Crippen LogP contribution in [0.2, 0.25) is 0 Å². The van der Waals surface area contributed by atoms with Crippen molar-refractivity contribution in [1.29, 1.82) is 0 Å². The molecule has 1 aromatic heterocycles. The smallest absolute Gasteiger partial charge is 0.121 e. The first-order valence-corrected chi connectivity index (χ1v) is 9.85. The summed E-state index contributed by atoms with van der Waals surface area (Å²) in [6, 6.07) is 17.3. The predicted octanol–water partition coefficient (Wildman–Crippen LogP) is 3.75. The number of hydrogen-bond donors (Lipinski definition) is 1. The van der Waals surface area contributed by atoms with Crippen LogP contribution in [0.5, 0.6) is 0 Å². The normalized spacial score (nSPS) is 18.8. The van der Waals surface area contributed by atoms with Gasteiger partial charge in [-0.25, -0.2) is 4.98 Å². The summed E-state index contributed by atoms with van der Waals surface area (Å²) in [5, 5.41) is 6.09. The summed E-state index contributed by atoms with van der Waals surface area (Å²) in [5.41, 5.74) is 4.61. The Hall–Kier alpha value is -2.83. The first-order chi connectivity index (χ1) is 13.4. The zero-order valence-corrected chi connectivity index (χ0v) is 15.4. The number of aromatic nitrogens is 1. The molecule has 3 aromatic rings. The molecule has 3 heteroatoms. The van der Waals surface area contributed by atoms with Crippen molar-refractivity contribution in [3.8, 4) is 11.8 Å². The van der Waals surface area contributed by atoms with Crippen LogP contribution in [0.25, 0.3) is 10.8 Å². The van der Waals surface area contributed by atoms with Gasteiger partial charge >= 0.3 is 0 Å². The third kappa shape index (κ3) is 3.07. The fraction of sp³-hybridized carbons (Fsp3) is 0.292. The van der Waals surface area contributed by atoms with Crippen molar-refractivity contribution < 1.29 is 0 Å². The van der Waals surface area contributed by atoms with Gasteiger partial charge in [0.2, 0.25) is 0 Å². The van der Waals surface area contributed by atoms with Crippen molar-refractivity contribution >= 4 is 16.5 Å². The largest absolute Gasteiger partial charge is 0.366 e. The van der Waals surface area contributed by atoms with E-state index in [2.05, 4.69) is 40.3 Å². The van der Waals surface area contributed by atoms with Gasteiger partial charge in [0.1, 0.15) is 5.69 Å². The maximum atomic E-state index is 4.70. The van der Waals surface area contributed by atoms with Crippen LogP contribution in [-0.2, 0) is 6.42 Å². The fourth-order valence-corrected chi connectivity index (χ4v) is 4.37. The molecule has 1 saturated heterocycles. The third-order valence-corrected chi connectivity index (χ3v) is 5.71. The summed E-state index contributed by atoms with van der Waals surface area (Å²) in [4.78, 5) is 7.31. The van der Waals surface area contributed by atoms with E-state index in [1.807, 2.05) is 36.5 Å². The van der Waals surface area contributed by atoms with Crippen molar-refractivity contribution in [2.24, 2.45) is 0 Å². The lowest BCUT2D eigenvalue weighted by molar-refractivity contribution is 0.431. The second-order valence-electron chi connectivity index (χ2n) is 7.39. The van der Waals surface area contributed by atoms with Gasteiger partial charge in [0.15, 0.2) is 0 Å². The lowest BCUT2D eigenvalue weighted by Gasteiger charge is -2.39. The van der Waals surface area contributed by atoms with Crippen LogP contribution >= 0.6 is 0 Å². The SMILES string of the molecule is C(#Cc1ncc2c3c(cccc13)N(C1CCCNC1)CC2)c1ccccc1. The first-order valence-electron chi connectivity index (χ1n) is 9.85. The van der Waals surface area contributed by atoms with E-state index in [9.17, 15) is 0 Å². The van der Waals surface area contributed by atoms with E-state index in [0.29, 0.717) is 6.04 Å².